The Labute approximate surface area is 113 Å². The highest BCUT2D eigenvalue weighted by molar-refractivity contribution is 5.94. The van der Waals surface area contributed by atoms with Gasteiger partial charge in [-0.05, 0) is 24.1 Å². The topological polar surface area (TPSA) is 58.6 Å². The molecule has 1 atom stereocenters. The van der Waals surface area contributed by atoms with E-state index in [1.165, 1.54) is 5.56 Å². The normalized spacial score (nSPS) is 22.4. The van der Waals surface area contributed by atoms with Crippen LogP contribution in [-0.4, -0.2) is 36.4 Å². The SMILES string of the molecule is CCCc1ccc(C(=O)NC[C@]2(O)CCOC2)cc1. The number of hydrogen-bond acceptors (Lipinski definition) is 3. The van der Waals surface area contributed by atoms with Crippen LogP contribution < -0.4 is 5.32 Å². The molecule has 1 aliphatic rings. The molecule has 0 aromatic heterocycles. The van der Waals surface area contributed by atoms with E-state index in [0.717, 1.165) is 12.8 Å². The molecule has 0 bridgehead atoms. The highest BCUT2D eigenvalue weighted by Crippen LogP contribution is 2.17. The molecule has 1 aromatic carbocycles. The van der Waals surface area contributed by atoms with Crippen LogP contribution in [0, 0.1) is 0 Å². The Bertz CT molecular complexity index is 422. The molecule has 4 heteroatoms. The third-order valence-electron chi connectivity index (χ3n) is 3.42. The van der Waals surface area contributed by atoms with Gasteiger partial charge in [-0.1, -0.05) is 25.5 Å². The van der Waals surface area contributed by atoms with Crippen LogP contribution in [0.5, 0.6) is 0 Å². The lowest BCUT2D eigenvalue weighted by Crippen LogP contribution is -2.43. The lowest BCUT2D eigenvalue weighted by Gasteiger charge is -2.20. The number of carbonyl (C=O) groups is 1. The summed E-state index contributed by atoms with van der Waals surface area (Å²) in [5, 5.41) is 12.8. The predicted octanol–water partition coefficient (Wildman–Crippen LogP) is 1.52. The van der Waals surface area contributed by atoms with E-state index in [9.17, 15) is 9.90 Å². The first-order chi connectivity index (χ1) is 9.13. The Balaban J connectivity index is 1.88. The minimum Gasteiger partial charge on any atom is -0.386 e. The van der Waals surface area contributed by atoms with Crippen molar-refractivity contribution in [2.24, 2.45) is 0 Å². The van der Waals surface area contributed by atoms with Crippen LogP contribution in [0.3, 0.4) is 0 Å². The fraction of sp³-hybridized carbons (Fsp3) is 0.533. The molecule has 1 fully saturated rings. The number of ether oxygens (including phenoxy) is 1. The van der Waals surface area contributed by atoms with Gasteiger partial charge in [-0.15, -0.1) is 0 Å². The van der Waals surface area contributed by atoms with Gasteiger partial charge in [0, 0.05) is 25.1 Å². The maximum Gasteiger partial charge on any atom is 0.251 e. The van der Waals surface area contributed by atoms with Crippen LogP contribution in [0.25, 0.3) is 0 Å². The molecule has 0 aliphatic carbocycles. The molecule has 104 valence electrons. The van der Waals surface area contributed by atoms with Gasteiger partial charge in [-0.3, -0.25) is 4.79 Å². The minimum absolute atomic E-state index is 0.150. The van der Waals surface area contributed by atoms with Gasteiger partial charge in [-0.2, -0.15) is 0 Å². The summed E-state index contributed by atoms with van der Waals surface area (Å²) in [6.07, 6.45) is 2.69. The van der Waals surface area contributed by atoms with E-state index in [1.807, 2.05) is 24.3 Å². The van der Waals surface area contributed by atoms with Gasteiger partial charge in [0.15, 0.2) is 0 Å². The molecule has 1 heterocycles. The van der Waals surface area contributed by atoms with E-state index in [-0.39, 0.29) is 12.5 Å². The highest BCUT2D eigenvalue weighted by atomic mass is 16.5. The fourth-order valence-electron chi connectivity index (χ4n) is 2.19. The van der Waals surface area contributed by atoms with Gasteiger partial charge in [-0.25, -0.2) is 0 Å². The molecule has 0 unspecified atom stereocenters. The summed E-state index contributed by atoms with van der Waals surface area (Å²) < 4.78 is 5.14. The molecule has 1 aromatic rings. The van der Waals surface area contributed by atoms with E-state index in [2.05, 4.69) is 12.2 Å². The number of aryl methyl sites for hydroxylation is 1. The molecule has 1 amide bonds. The molecular weight excluding hydrogens is 242 g/mol. The molecule has 4 nitrogen and oxygen atoms in total. The Morgan fingerprint density at radius 1 is 1.42 bits per heavy atom. The van der Waals surface area contributed by atoms with Crippen molar-refractivity contribution in [2.45, 2.75) is 31.8 Å². The van der Waals surface area contributed by atoms with Crippen molar-refractivity contribution in [1.82, 2.24) is 5.32 Å². The number of carbonyl (C=O) groups excluding carboxylic acids is 1. The van der Waals surface area contributed by atoms with Gasteiger partial charge in [0.1, 0.15) is 5.60 Å². The van der Waals surface area contributed by atoms with Crippen molar-refractivity contribution in [2.75, 3.05) is 19.8 Å². The third-order valence-corrected chi connectivity index (χ3v) is 3.42. The molecule has 2 rings (SSSR count). The van der Waals surface area contributed by atoms with E-state index in [4.69, 9.17) is 4.74 Å². The molecule has 0 saturated carbocycles. The summed E-state index contributed by atoms with van der Waals surface area (Å²) in [6, 6.07) is 7.61. The summed E-state index contributed by atoms with van der Waals surface area (Å²) in [5.41, 5.74) is 0.960. The quantitative estimate of drug-likeness (QED) is 0.847. The van der Waals surface area contributed by atoms with Crippen LogP contribution in [0.4, 0.5) is 0 Å². The lowest BCUT2D eigenvalue weighted by atomic mass is 10.0. The van der Waals surface area contributed by atoms with Crippen LogP contribution in [-0.2, 0) is 11.2 Å². The molecule has 19 heavy (non-hydrogen) atoms. The summed E-state index contributed by atoms with van der Waals surface area (Å²) >= 11 is 0. The molecule has 0 radical (unpaired) electrons. The van der Waals surface area contributed by atoms with Crippen molar-refractivity contribution >= 4 is 5.91 Å². The Morgan fingerprint density at radius 3 is 2.74 bits per heavy atom. The maximum absolute atomic E-state index is 11.9. The lowest BCUT2D eigenvalue weighted by molar-refractivity contribution is 0.0264. The van der Waals surface area contributed by atoms with Crippen molar-refractivity contribution in [3.05, 3.63) is 35.4 Å². The average Bonchev–Trinajstić information content (AvgIpc) is 2.85. The van der Waals surface area contributed by atoms with Crippen molar-refractivity contribution < 1.29 is 14.6 Å². The first-order valence-electron chi connectivity index (χ1n) is 6.80. The van der Waals surface area contributed by atoms with Crippen molar-refractivity contribution in [1.29, 1.82) is 0 Å². The highest BCUT2D eigenvalue weighted by Gasteiger charge is 2.32. The smallest absolute Gasteiger partial charge is 0.251 e. The van der Waals surface area contributed by atoms with Gasteiger partial charge >= 0.3 is 0 Å². The summed E-state index contributed by atoms with van der Waals surface area (Å²) in [4.78, 5) is 11.9. The molecule has 1 aliphatic heterocycles. The van der Waals surface area contributed by atoms with Gasteiger partial charge in [0.2, 0.25) is 0 Å². The number of aliphatic hydroxyl groups is 1. The number of amides is 1. The molecule has 0 spiro atoms. The summed E-state index contributed by atoms with van der Waals surface area (Å²) in [7, 11) is 0. The molecule has 1 saturated heterocycles. The first kappa shape index (κ1) is 14.0. The monoisotopic (exact) mass is 263 g/mol. The number of hydrogen-bond donors (Lipinski definition) is 2. The average molecular weight is 263 g/mol. The zero-order chi connectivity index (χ0) is 13.7. The number of nitrogens with one attached hydrogen (secondary N) is 1. The second kappa shape index (κ2) is 6.17. The van der Waals surface area contributed by atoms with Crippen LogP contribution in [0.1, 0.15) is 35.7 Å². The van der Waals surface area contributed by atoms with Crippen LogP contribution >= 0.6 is 0 Å². The van der Waals surface area contributed by atoms with Crippen LogP contribution in [0.15, 0.2) is 24.3 Å². The van der Waals surface area contributed by atoms with Gasteiger partial charge < -0.3 is 15.2 Å². The summed E-state index contributed by atoms with van der Waals surface area (Å²) in [5.74, 6) is -0.150. The zero-order valence-corrected chi connectivity index (χ0v) is 11.3. The Hall–Kier alpha value is -1.39. The third kappa shape index (κ3) is 3.78. The summed E-state index contributed by atoms with van der Waals surface area (Å²) in [6.45, 7) is 3.22. The predicted molar refractivity (Wildman–Crippen MR) is 73.2 cm³/mol. The standard InChI is InChI=1S/C15H21NO3/c1-2-3-12-4-6-13(7-5-12)14(17)16-10-15(18)8-9-19-11-15/h4-7,18H,2-3,8-11H2,1H3,(H,16,17)/t15-/m1/s1. The second-order valence-corrected chi connectivity index (χ2v) is 5.16. The number of benzene rings is 1. The van der Waals surface area contributed by atoms with E-state index < -0.39 is 5.60 Å². The molecular formula is C15H21NO3. The van der Waals surface area contributed by atoms with E-state index in [0.29, 0.717) is 25.2 Å². The second-order valence-electron chi connectivity index (χ2n) is 5.16. The molecule has 2 N–H and O–H groups in total. The fourth-order valence-corrected chi connectivity index (χ4v) is 2.19. The van der Waals surface area contributed by atoms with Crippen molar-refractivity contribution in [3.63, 3.8) is 0 Å². The Morgan fingerprint density at radius 2 is 2.16 bits per heavy atom. The van der Waals surface area contributed by atoms with E-state index >= 15 is 0 Å². The largest absolute Gasteiger partial charge is 0.386 e. The van der Waals surface area contributed by atoms with Crippen molar-refractivity contribution in [3.8, 4) is 0 Å². The first-order valence-corrected chi connectivity index (χ1v) is 6.80. The van der Waals surface area contributed by atoms with E-state index in [1.54, 1.807) is 0 Å². The van der Waals surface area contributed by atoms with Gasteiger partial charge in [0.05, 0.1) is 6.61 Å². The maximum atomic E-state index is 11.9. The Kier molecular flexibility index (Phi) is 4.56. The zero-order valence-electron chi connectivity index (χ0n) is 11.3. The van der Waals surface area contributed by atoms with Crippen LogP contribution in [0.2, 0.25) is 0 Å². The van der Waals surface area contributed by atoms with Gasteiger partial charge in [0.25, 0.3) is 5.91 Å². The minimum atomic E-state index is -0.905. The number of rotatable bonds is 5.